The lowest BCUT2D eigenvalue weighted by Gasteiger charge is -2.18. The van der Waals surface area contributed by atoms with E-state index in [0.717, 1.165) is 6.07 Å². The second kappa shape index (κ2) is 7.07. The summed E-state index contributed by atoms with van der Waals surface area (Å²) < 4.78 is 51.0. The molecule has 0 radical (unpaired) electrons. The number of rotatable bonds is 5. The summed E-state index contributed by atoms with van der Waals surface area (Å²) in [5.41, 5.74) is 0.432. The van der Waals surface area contributed by atoms with Gasteiger partial charge in [-0.15, -0.1) is 0 Å². The fraction of sp³-hybridized carbons (Fsp3) is 0.222. The third kappa shape index (κ3) is 3.79. The number of hydrogen-bond acceptors (Lipinski definition) is 4. The van der Waals surface area contributed by atoms with Crippen molar-refractivity contribution in [3.8, 4) is 5.75 Å². The summed E-state index contributed by atoms with van der Waals surface area (Å²) in [5.74, 6) is -1.18. The van der Waals surface area contributed by atoms with Crippen LogP contribution >= 0.6 is 0 Å². The van der Waals surface area contributed by atoms with Crippen LogP contribution in [0, 0.1) is 0 Å². The molecule has 0 spiro atoms. The molecule has 1 atom stereocenters. The summed E-state index contributed by atoms with van der Waals surface area (Å²) in [6.07, 6.45) is -2.43. The van der Waals surface area contributed by atoms with Gasteiger partial charge >= 0.3 is 12.1 Å². The summed E-state index contributed by atoms with van der Waals surface area (Å²) >= 11 is 0. The van der Waals surface area contributed by atoms with E-state index < -0.39 is 29.6 Å². The molecule has 26 heavy (non-hydrogen) atoms. The highest BCUT2D eigenvalue weighted by Crippen LogP contribution is 2.36. The lowest BCUT2D eigenvalue weighted by molar-refractivity contribution is -0.154. The predicted molar refractivity (Wildman–Crippen MR) is 86.5 cm³/mol. The number of nitrogens with zero attached hydrogens (tertiary/aromatic N) is 2. The first kappa shape index (κ1) is 17.8. The maximum atomic E-state index is 13.0. The molecule has 0 aliphatic heterocycles. The molecular formula is C18H15F3N2O3. The van der Waals surface area contributed by atoms with E-state index in [0.29, 0.717) is 11.3 Å². The van der Waals surface area contributed by atoms with Crippen molar-refractivity contribution < 1.29 is 27.4 Å². The van der Waals surface area contributed by atoms with Crippen molar-refractivity contribution in [2.45, 2.75) is 25.8 Å². The Bertz CT molecular complexity index is 921. The molecule has 0 aliphatic carbocycles. The lowest BCUT2D eigenvalue weighted by Crippen LogP contribution is -2.27. The molecule has 0 bridgehead atoms. The molecule has 3 rings (SSSR count). The first-order valence-electron chi connectivity index (χ1n) is 7.77. The molecule has 1 unspecified atom stereocenters. The van der Waals surface area contributed by atoms with Crippen molar-refractivity contribution in [2.75, 3.05) is 0 Å². The molecule has 5 nitrogen and oxygen atoms in total. The Kier molecular flexibility index (Phi) is 4.83. The van der Waals surface area contributed by atoms with E-state index in [4.69, 9.17) is 9.47 Å². The van der Waals surface area contributed by atoms with Crippen LogP contribution in [-0.2, 0) is 22.3 Å². The number of para-hydroxylation sites is 1. The Balaban J connectivity index is 1.67. The highest BCUT2D eigenvalue weighted by molar-refractivity contribution is 5.74. The fourth-order valence-electron chi connectivity index (χ4n) is 2.43. The standard InChI is InChI=1S/C18H15F3N2O3/c1-12(26-15-7-3-2-6-14(15)18(19,20)21)17(24)25-11-13-5-4-8-16-22-9-10-23(13)16/h2-10,12H,11H2,1H3. The average Bonchev–Trinajstić information content (AvgIpc) is 3.08. The Morgan fingerprint density at radius 2 is 1.96 bits per heavy atom. The summed E-state index contributed by atoms with van der Waals surface area (Å²) in [7, 11) is 0. The molecule has 0 saturated heterocycles. The van der Waals surface area contributed by atoms with Crippen molar-refractivity contribution in [1.82, 2.24) is 9.38 Å². The van der Waals surface area contributed by atoms with Gasteiger partial charge in [-0.2, -0.15) is 13.2 Å². The van der Waals surface area contributed by atoms with Crippen LogP contribution < -0.4 is 4.74 Å². The summed E-state index contributed by atoms with van der Waals surface area (Å²) in [6.45, 7) is 1.29. The first-order chi connectivity index (χ1) is 12.4. The molecule has 0 N–H and O–H groups in total. The molecule has 2 aromatic heterocycles. The van der Waals surface area contributed by atoms with Gasteiger partial charge in [0.2, 0.25) is 0 Å². The molecule has 136 valence electrons. The van der Waals surface area contributed by atoms with Gasteiger partial charge in [-0.3, -0.25) is 0 Å². The van der Waals surface area contributed by atoms with Gasteiger partial charge in [-0.25, -0.2) is 9.78 Å². The third-order valence-electron chi connectivity index (χ3n) is 3.70. The molecule has 2 heterocycles. The van der Waals surface area contributed by atoms with Crippen molar-refractivity contribution in [3.05, 3.63) is 66.1 Å². The fourth-order valence-corrected chi connectivity index (χ4v) is 2.43. The van der Waals surface area contributed by atoms with E-state index in [1.165, 1.54) is 25.1 Å². The minimum Gasteiger partial charge on any atom is -0.478 e. The minimum absolute atomic E-state index is 0.0544. The van der Waals surface area contributed by atoms with Crippen molar-refractivity contribution in [2.24, 2.45) is 0 Å². The lowest BCUT2D eigenvalue weighted by atomic mass is 10.2. The van der Waals surface area contributed by atoms with Crippen LogP contribution in [0.4, 0.5) is 13.2 Å². The van der Waals surface area contributed by atoms with E-state index in [1.807, 2.05) is 0 Å². The van der Waals surface area contributed by atoms with Gasteiger partial charge in [0.25, 0.3) is 0 Å². The van der Waals surface area contributed by atoms with Crippen LogP contribution in [0.3, 0.4) is 0 Å². The first-order valence-corrected chi connectivity index (χ1v) is 7.77. The van der Waals surface area contributed by atoms with E-state index in [-0.39, 0.29) is 6.61 Å². The van der Waals surface area contributed by atoms with Crippen LogP contribution in [0.25, 0.3) is 5.65 Å². The zero-order valence-electron chi connectivity index (χ0n) is 13.7. The largest absolute Gasteiger partial charge is 0.478 e. The Morgan fingerprint density at radius 1 is 1.19 bits per heavy atom. The molecule has 0 saturated carbocycles. The highest BCUT2D eigenvalue weighted by Gasteiger charge is 2.35. The van der Waals surface area contributed by atoms with Crippen LogP contribution in [0.2, 0.25) is 0 Å². The number of aromatic nitrogens is 2. The zero-order valence-corrected chi connectivity index (χ0v) is 13.7. The maximum Gasteiger partial charge on any atom is 0.419 e. The number of hydrogen-bond donors (Lipinski definition) is 0. The summed E-state index contributed by atoms with van der Waals surface area (Å²) in [6, 6.07) is 10.0. The molecular weight excluding hydrogens is 349 g/mol. The van der Waals surface area contributed by atoms with Gasteiger partial charge in [0.1, 0.15) is 18.0 Å². The number of pyridine rings is 1. The number of carbonyl (C=O) groups is 1. The van der Waals surface area contributed by atoms with Gasteiger partial charge in [-0.05, 0) is 31.2 Å². The van der Waals surface area contributed by atoms with Crippen LogP contribution in [0.5, 0.6) is 5.75 Å². The molecule has 0 amide bonds. The Morgan fingerprint density at radius 3 is 2.73 bits per heavy atom. The van der Waals surface area contributed by atoms with E-state index >= 15 is 0 Å². The number of fused-ring (bicyclic) bond motifs is 1. The number of imidazole rings is 1. The number of esters is 1. The molecule has 1 aromatic carbocycles. The second-order valence-electron chi connectivity index (χ2n) is 5.53. The van der Waals surface area contributed by atoms with Gasteiger partial charge in [0.15, 0.2) is 6.10 Å². The van der Waals surface area contributed by atoms with E-state index in [1.54, 1.807) is 35.0 Å². The number of carbonyl (C=O) groups excluding carboxylic acids is 1. The SMILES string of the molecule is CC(Oc1ccccc1C(F)(F)F)C(=O)OCc1cccc2nccn12. The molecule has 0 aliphatic rings. The van der Waals surface area contributed by atoms with Crippen LogP contribution in [0.15, 0.2) is 54.9 Å². The van der Waals surface area contributed by atoms with Crippen molar-refractivity contribution >= 4 is 11.6 Å². The van der Waals surface area contributed by atoms with Gasteiger partial charge in [0, 0.05) is 12.4 Å². The van der Waals surface area contributed by atoms with Crippen molar-refractivity contribution in [1.29, 1.82) is 0 Å². The third-order valence-corrected chi connectivity index (χ3v) is 3.70. The number of halogens is 3. The Labute approximate surface area is 147 Å². The molecule has 0 fully saturated rings. The second-order valence-corrected chi connectivity index (χ2v) is 5.53. The number of alkyl halides is 3. The maximum absolute atomic E-state index is 13.0. The minimum atomic E-state index is -4.57. The molecule has 3 aromatic rings. The van der Waals surface area contributed by atoms with E-state index in [9.17, 15) is 18.0 Å². The van der Waals surface area contributed by atoms with Gasteiger partial charge < -0.3 is 13.9 Å². The quantitative estimate of drug-likeness (QED) is 0.645. The Hall–Kier alpha value is -3.03. The van der Waals surface area contributed by atoms with Gasteiger partial charge in [-0.1, -0.05) is 18.2 Å². The molecule has 8 heteroatoms. The number of benzene rings is 1. The van der Waals surface area contributed by atoms with Crippen LogP contribution in [-0.4, -0.2) is 21.5 Å². The monoisotopic (exact) mass is 364 g/mol. The summed E-state index contributed by atoms with van der Waals surface area (Å²) in [4.78, 5) is 16.2. The zero-order chi connectivity index (χ0) is 18.7. The topological polar surface area (TPSA) is 52.8 Å². The van der Waals surface area contributed by atoms with Crippen molar-refractivity contribution in [3.63, 3.8) is 0 Å². The average molecular weight is 364 g/mol. The predicted octanol–water partition coefficient (Wildman–Crippen LogP) is 3.86. The summed E-state index contributed by atoms with van der Waals surface area (Å²) in [5, 5.41) is 0. The smallest absolute Gasteiger partial charge is 0.419 e. The normalized spacial score (nSPS) is 12.8. The highest BCUT2D eigenvalue weighted by atomic mass is 19.4. The van der Waals surface area contributed by atoms with Gasteiger partial charge in [0.05, 0.1) is 11.3 Å². The number of ether oxygens (including phenoxy) is 2. The van der Waals surface area contributed by atoms with E-state index in [2.05, 4.69) is 4.98 Å². The van der Waals surface area contributed by atoms with Crippen LogP contribution in [0.1, 0.15) is 18.2 Å².